The molecule has 0 aliphatic rings. The molecule has 0 saturated heterocycles. The summed E-state index contributed by atoms with van der Waals surface area (Å²) in [7, 11) is 2.65. The zero-order valence-corrected chi connectivity index (χ0v) is 33.3. The van der Waals surface area contributed by atoms with E-state index in [1.807, 2.05) is 30.4 Å². The van der Waals surface area contributed by atoms with E-state index in [4.69, 9.17) is 33.8 Å². The summed E-state index contributed by atoms with van der Waals surface area (Å²) < 4.78 is 15.1. The minimum Gasteiger partial charge on any atom is -0.480 e. The Morgan fingerprint density at radius 2 is 1.13 bits per heavy atom. The van der Waals surface area contributed by atoms with Gasteiger partial charge >= 0.3 is 23.7 Å². The number of rotatable bonds is 18. The van der Waals surface area contributed by atoms with E-state index in [2.05, 4.69) is 29.1 Å². The summed E-state index contributed by atoms with van der Waals surface area (Å²) in [5.74, 6) is -0.680. The molecule has 1 aromatic rings. The second kappa shape index (κ2) is 28.5. The van der Waals surface area contributed by atoms with Gasteiger partial charge in [0.25, 0.3) is 0 Å². The SMILES string of the molecule is CC(N)=NC/C=C\CC[C@@](C)(N)C(=O)O.COC(=O)[C@](C)(N)CC/C=C\CN=C(C)N.COC(=O)[C@](C)(N)CC/C=C\Cn1c(C)noc1=O.Cl.Cl. The Bertz CT molecular complexity index is 1390. The Labute approximate surface area is 319 Å². The summed E-state index contributed by atoms with van der Waals surface area (Å²) in [6, 6.07) is 0. The van der Waals surface area contributed by atoms with Gasteiger partial charge in [-0.05, 0) is 80.1 Å². The van der Waals surface area contributed by atoms with Crippen LogP contribution in [0.2, 0.25) is 0 Å². The van der Waals surface area contributed by atoms with Crippen LogP contribution in [0, 0.1) is 6.92 Å². The first-order chi connectivity index (χ1) is 23.1. The molecular weight excluding hydrogens is 721 g/mol. The molecule has 17 nitrogen and oxygen atoms in total. The highest BCUT2D eigenvalue weighted by atomic mass is 35.5. The summed E-state index contributed by atoms with van der Waals surface area (Å²) in [6.07, 6.45) is 14.5. The zero-order valence-electron chi connectivity index (χ0n) is 31.6. The van der Waals surface area contributed by atoms with Gasteiger partial charge in [0.1, 0.15) is 16.6 Å². The predicted molar refractivity (Wildman–Crippen MR) is 209 cm³/mol. The number of aromatic nitrogens is 2. The lowest BCUT2D eigenvalue weighted by atomic mass is 9.97. The van der Waals surface area contributed by atoms with Crippen LogP contribution in [0.5, 0.6) is 0 Å². The molecule has 11 N–H and O–H groups in total. The Morgan fingerprint density at radius 3 is 1.44 bits per heavy atom. The van der Waals surface area contributed by atoms with Crippen LogP contribution >= 0.6 is 24.8 Å². The van der Waals surface area contributed by atoms with Crippen molar-refractivity contribution in [1.82, 2.24) is 9.72 Å². The maximum absolute atomic E-state index is 11.3. The van der Waals surface area contributed by atoms with Crippen molar-refractivity contribution in [2.45, 2.75) is 103 Å². The molecule has 52 heavy (non-hydrogen) atoms. The van der Waals surface area contributed by atoms with E-state index in [-0.39, 0.29) is 24.8 Å². The van der Waals surface area contributed by atoms with Crippen LogP contribution in [0.1, 0.15) is 79.0 Å². The minimum atomic E-state index is -1.16. The number of amidine groups is 2. The molecular formula is C33H61Cl2N9O8. The minimum absolute atomic E-state index is 0. The fraction of sp³-hybridized carbons (Fsp3) is 0.606. The van der Waals surface area contributed by atoms with Crippen molar-refractivity contribution in [3.8, 4) is 0 Å². The highest BCUT2D eigenvalue weighted by Gasteiger charge is 2.29. The van der Waals surface area contributed by atoms with Gasteiger partial charge < -0.3 is 43.2 Å². The third kappa shape index (κ3) is 25.8. The number of hydrogen-bond donors (Lipinski definition) is 6. The molecule has 0 aliphatic carbocycles. The van der Waals surface area contributed by atoms with Gasteiger partial charge in [-0.3, -0.25) is 33.5 Å². The summed E-state index contributed by atoms with van der Waals surface area (Å²) in [6.45, 7) is 11.4. The standard InChI is InChI=1S/C12H19N3O4.C11H21N3O2.C10H19N3O2.2ClH/c1-9-14-19-11(17)15(9)8-6-4-5-7-12(2,13)10(16)18-3;1-9(12)14-8-6-4-5-7-11(2,13)10(15)16-3;1-8(11)13-7-5-3-4-6-10(2,12)9(14)15;;/h4,6H,5,7-8,13H2,1-3H3;4,6H,5,7-8,13H2,1-3H3,(H2,12,14);3,5H,4,6-7,12H2,1-2H3,(H2,11,13)(H,14,15);2*1H/b2*6-4-;5-3-;;/t12-;11-;10-;;/m111../s1. The van der Waals surface area contributed by atoms with Gasteiger partial charge in [-0.1, -0.05) is 41.6 Å². The second-order valence-electron chi connectivity index (χ2n) is 12.1. The second-order valence-corrected chi connectivity index (χ2v) is 12.1. The predicted octanol–water partition coefficient (Wildman–Crippen LogP) is 2.31. The van der Waals surface area contributed by atoms with Gasteiger partial charge in [0.05, 0.1) is 39.0 Å². The van der Waals surface area contributed by atoms with Crippen molar-refractivity contribution in [2.75, 3.05) is 27.3 Å². The molecule has 3 atom stereocenters. The van der Waals surface area contributed by atoms with Crippen molar-refractivity contribution in [3.05, 3.63) is 52.8 Å². The molecule has 0 spiro atoms. The number of nitrogens with two attached hydrogens (primary N) is 5. The fourth-order valence-electron chi connectivity index (χ4n) is 3.55. The van der Waals surface area contributed by atoms with E-state index < -0.39 is 40.3 Å². The lowest BCUT2D eigenvalue weighted by Gasteiger charge is -2.20. The number of carbonyl (C=O) groups is 3. The smallest absolute Gasteiger partial charge is 0.441 e. The normalized spacial score (nSPS) is 15.1. The maximum atomic E-state index is 11.3. The molecule has 19 heteroatoms. The third-order valence-corrected chi connectivity index (χ3v) is 6.83. The largest absolute Gasteiger partial charge is 0.480 e. The number of methoxy groups -OCH3 is 2. The third-order valence-electron chi connectivity index (χ3n) is 6.83. The van der Waals surface area contributed by atoms with Crippen molar-refractivity contribution in [1.29, 1.82) is 0 Å². The number of ether oxygens (including phenoxy) is 2. The molecule has 0 amide bonds. The van der Waals surface area contributed by atoms with Crippen molar-refractivity contribution in [3.63, 3.8) is 0 Å². The molecule has 300 valence electrons. The van der Waals surface area contributed by atoms with Crippen LogP contribution in [0.25, 0.3) is 0 Å². The highest BCUT2D eigenvalue weighted by molar-refractivity contribution is 5.85. The molecule has 0 radical (unpaired) electrons. The molecule has 0 aliphatic heterocycles. The van der Waals surface area contributed by atoms with Gasteiger partial charge in [-0.25, -0.2) is 4.79 Å². The summed E-state index contributed by atoms with van der Waals surface area (Å²) in [4.78, 5) is 52.4. The number of carboxylic acids is 1. The molecule has 0 aromatic carbocycles. The van der Waals surface area contributed by atoms with Crippen LogP contribution < -0.4 is 34.4 Å². The van der Waals surface area contributed by atoms with E-state index in [1.54, 1.807) is 40.7 Å². The van der Waals surface area contributed by atoms with E-state index in [1.165, 1.54) is 25.7 Å². The molecule has 1 aromatic heterocycles. The first-order valence-corrected chi connectivity index (χ1v) is 15.9. The summed E-state index contributed by atoms with van der Waals surface area (Å²) >= 11 is 0. The Hall–Kier alpha value is -4.03. The number of carbonyl (C=O) groups excluding carboxylic acids is 2. The van der Waals surface area contributed by atoms with Gasteiger partial charge in [-0.15, -0.1) is 24.8 Å². The van der Waals surface area contributed by atoms with Crippen molar-refractivity contribution < 1.29 is 33.5 Å². The average Bonchev–Trinajstić information content (AvgIpc) is 3.35. The lowest BCUT2D eigenvalue weighted by Crippen LogP contribution is -2.45. The average molecular weight is 783 g/mol. The molecule has 1 rings (SSSR count). The van der Waals surface area contributed by atoms with E-state index in [0.717, 1.165) is 0 Å². The number of allylic oxidation sites excluding steroid dienone is 4. The maximum Gasteiger partial charge on any atom is 0.441 e. The Morgan fingerprint density at radius 1 is 0.769 bits per heavy atom. The van der Waals surface area contributed by atoms with Crippen molar-refractivity contribution in [2.24, 2.45) is 38.7 Å². The number of halogens is 2. The molecule has 0 saturated carbocycles. The number of nitrogens with zero attached hydrogens (tertiary/aromatic N) is 4. The number of hydrogen-bond acceptors (Lipinski definition) is 13. The quantitative estimate of drug-likeness (QED) is 0.0539. The summed E-state index contributed by atoms with van der Waals surface area (Å²) in [5.41, 5.74) is 24.8. The number of aliphatic imine (C=N–C) groups is 2. The van der Waals surface area contributed by atoms with E-state index >= 15 is 0 Å². The Balaban J connectivity index is -0.000000329. The first kappa shape index (κ1) is 54.7. The van der Waals surface area contributed by atoms with Gasteiger partial charge in [0.2, 0.25) is 0 Å². The van der Waals surface area contributed by atoms with E-state index in [9.17, 15) is 19.2 Å². The van der Waals surface area contributed by atoms with Crippen LogP contribution in [0.4, 0.5) is 0 Å². The number of aliphatic carboxylic acids is 1. The highest BCUT2D eigenvalue weighted by Crippen LogP contribution is 2.12. The molecule has 0 bridgehead atoms. The number of aryl methyl sites for hydroxylation is 1. The monoisotopic (exact) mass is 781 g/mol. The molecule has 0 fully saturated rings. The van der Waals surface area contributed by atoms with Crippen molar-refractivity contribution >= 4 is 54.4 Å². The number of carboxylic acid groups (broad SMARTS) is 1. The topological polar surface area (TPSA) is 293 Å². The van der Waals surface area contributed by atoms with Gasteiger partial charge in [-0.2, -0.15) is 0 Å². The summed E-state index contributed by atoms with van der Waals surface area (Å²) in [5, 5.41) is 12.3. The lowest BCUT2D eigenvalue weighted by molar-refractivity contribution is -0.147. The zero-order chi connectivity index (χ0) is 39.0. The number of esters is 2. The van der Waals surface area contributed by atoms with Crippen LogP contribution in [0.15, 0.2) is 55.8 Å². The molecule has 1 heterocycles. The van der Waals surface area contributed by atoms with Crippen LogP contribution in [-0.2, 0) is 30.4 Å². The van der Waals surface area contributed by atoms with Crippen LogP contribution in [0.3, 0.4) is 0 Å². The van der Waals surface area contributed by atoms with Crippen LogP contribution in [-0.4, -0.2) is 88.3 Å². The van der Waals surface area contributed by atoms with Gasteiger partial charge in [0, 0.05) is 6.54 Å². The fourth-order valence-corrected chi connectivity index (χ4v) is 3.55. The van der Waals surface area contributed by atoms with Gasteiger partial charge in [0.15, 0.2) is 5.82 Å². The van der Waals surface area contributed by atoms with E-state index in [0.29, 0.717) is 75.7 Å². The molecule has 0 unspecified atom stereocenters. The Kier molecular flexibility index (Phi) is 30.0. The first-order valence-electron chi connectivity index (χ1n) is 15.9.